The molecule has 0 aromatic rings. The molecule has 2 amide bonds. The summed E-state index contributed by atoms with van der Waals surface area (Å²) in [6.07, 6.45) is 2.01. The van der Waals surface area contributed by atoms with Crippen LogP contribution < -0.4 is 17.1 Å². The van der Waals surface area contributed by atoms with Gasteiger partial charge in [0.25, 0.3) is 11.8 Å². The van der Waals surface area contributed by atoms with E-state index < -0.39 is 11.8 Å². The van der Waals surface area contributed by atoms with Gasteiger partial charge < -0.3 is 0 Å². The largest absolute Gasteiger partial charge is 0.291 e. The second-order valence-corrected chi connectivity index (χ2v) is 1.79. The number of hydrogen-bond acceptors (Lipinski definition) is 4. The quantitative estimate of drug-likeness (QED) is 0.185. The van der Waals surface area contributed by atoms with Crippen LogP contribution in [0.2, 0.25) is 0 Å². The van der Waals surface area contributed by atoms with Gasteiger partial charge >= 0.3 is 0 Å². The molecular weight excluding hydrogens is 148 g/mol. The maximum absolute atomic E-state index is 10.7. The normalized spacial score (nSPS) is 9.73. The van der Waals surface area contributed by atoms with Gasteiger partial charge in [-0.25, -0.2) is 11.7 Å². The van der Waals surface area contributed by atoms with E-state index in [1.165, 1.54) is 7.05 Å². The molecule has 0 spiro atoms. The average Bonchev–Trinajstić information content (AvgIpc) is 1.99. The first-order valence-corrected chi connectivity index (χ1v) is 2.79. The Morgan fingerprint density at radius 1 is 1.45 bits per heavy atom. The first-order valence-electron chi connectivity index (χ1n) is 2.79. The summed E-state index contributed by atoms with van der Waals surface area (Å²) < 4.78 is 0. The number of rotatable bonds is 2. The van der Waals surface area contributed by atoms with Crippen molar-refractivity contribution in [1.29, 1.82) is 0 Å². The third-order valence-corrected chi connectivity index (χ3v) is 0.867. The van der Waals surface area contributed by atoms with Crippen LogP contribution in [-0.4, -0.2) is 23.9 Å². The highest BCUT2D eigenvalue weighted by Crippen LogP contribution is 1.78. The van der Waals surface area contributed by atoms with Gasteiger partial charge in [0, 0.05) is 19.2 Å². The molecule has 0 aliphatic carbocycles. The maximum atomic E-state index is 10.7. The molecule has 0 fully saturated rings. The van der Waals surface area contributed by atoms with Crippen molar-refractivity contribution >= 4 is 11.8 Å². The highest BCUT2D eigenvalue weighted by atomic mass is 16.2. The zero-order valence-corrected chi connectivity index (χ0v) is 6.07. The van der Waals surface area contributed by atoms with E-state index in [0.29, 0.717) is 0 Å². The zero-order chi connectivity index (χ0) is 8.85. The number of carbonyl (C=O) groups excluding carboxylic acids is 2. The molecule has 6 heteroatoms. The van der Waals surface area contributed by atoms with Crippen LogP contribution >= 0.6 is 0 Å². The van der Waals surface area contributed by atoms with Crippen LogP contribution in [0.25, 0.3) is 0 Å². The van der Waals surface area contributed by atoms with Crippen molar-refractivity contribution in [2.75, 3.05) is 7.05 Å². The molecule has 0 saturated carbocycles. The molecule has 0 atom stereocenters. The third kappa shape index (κ3) is 4.06. The summed E-state index contributed by atoms with van der Waals surface area (Å²) in [4.78, 5) is 21.1. The molecule has 0 radical (unpaired) electrons. The number of nitrogens with one attached hydrogen (secondary N) is 1. The van der Waals surface area contributed by atoms with E-state index in [1.807, 2.05) is 5.43 Å². The Morgan fingerprint density at radius 2 is 2.00 bits per heavy atom. The Kier molecular flexibility index (Phi) is 3.86. The third-order valence-electron chi connectivity index (χ3n) is 0.867. The molecule has 0 unspecified atom stereocenters. The number of amides is 2. The SMILES string of the molecule is CN(N)C(=O)/C=C/C(=O)NN. The molecule has 0 aromatic heterocycles. The fourth-order valence-electron chi connectivity index (χ4n) is 0.313. The molecule has 11 heavy (non-hydrogen) atoms. The maximum Gasteiger partial charge on any atom is 0.260 e. The van der Waals surface area contributed by atoms with Crippen LogP contribution in [0.1, 0.15) is 0 Å². The fraction of sp³-hybridized carbons (Fsp3) is 0.200. The minimum absolute atomic E-state index is 0.478. The minimum atomic E-state index is -0.555. The molecule has 0 aliphatic rings. The van der Waals surface area contributed by atoms with Gasteiger partial charge in [0.05, 0.1) is 0 Å². The van der Waals surface area contributed by atoms with E-state index in [9.17, 15) is 9.59 Å². The van der Waals surface area contributed by atoms with Gasteiger partial charge in [-0.2, -0.15) is 0 Å². The van der Waals surface area contributed by atoms with Crippen molar-refractivity contribution in [3.05, 3.63) is 12.2 Å². The van der Waals surface area contributed by atoms with Crippen LogP contribution in [0.15, 0.2) is 12.2 Å². The second kappa shape index (κ2) is 4.42. The number of hydrazine groups is 2. The Hall–Kier alpha value is -1.40. The van der Waals surface area contributed by atoms with Gasteiger partial charge in [-0.3, -0.25) is 20.0 Å². The van der Waals surface area contributed by atoms with Crippen molar-refractivity contribution in [2.24, 2.45) is 11.7 Å². The lowest BCUT2D eigenvalue weighted by atomic mass is 10.4. The van der Waals surface area contributed by atoms with E-state index >= 15 is 0 Å². The van der Waals surface area contributed by atoms with Gasteiger partial charge in [-0.1, -0.05) is 0 Å². The lowest BCUT2D eigenvalue weighted by Crippen LogP contribution is -2.32. The van der Waals surface area contributed by atoms with Crippen molar-refractivity contribution in [2.45, 2.75) is 0 Å². The van der Waals surface area contributed by atoms with Crippen molar-refractivity contribution in [1.82, 2.24) is 10.4 Å². The molecule has 62 valence electrons. The summed E-state index contributed by atoms with van der Waals surface area (Å²) in [5.41, 5.74) is 1.82. The zero-order valence-electron chi connectivity index (χ0n) is 6.07. The lowest BCUT2D eigenvalue weighted by Gasteiger charge is -2.04. The Bertz CT molecular complexity index is 187. The summed E-state index contributed by atoms with van der Waals surface area (Å²) in [6, 6.07) is 0. The van der Waals surface area contributed by atoms with Crippen LogP contribution in [0.4, 0.5) is 0 Å². The highest BCUT2D eigenvalue weighted by Gasteiger charge is 1.98. The molecule has 5 N–H and O–H groups in total. The van der Waals surface area contributed by atoms with E-state index in [0.717, 1.165) is 17.2 Å². The van der Waals surface area contributed by atoms with Crippen molar-refractivity contribution in [3.63, 3.8) is 0 Å². The Labute approximate surface area is 63.8 Å². The standard InChI is InChI=1S/C5H10N4O2/c1-9(7)5(11)3-2-4(10)8-6/h2-3H,6-7H2,1H3,(H,8,10)/b3-2+. The van der Waals surface area contributed by atoms with Crippen LogP contribution in [0.3, 0.4) is 0 Å². The number of carbonyl (C=O) groups is 2. The predicted molar refractivity (Wildman–Crippen MR) is 38.4 cm³/mol. The molecule has 6 nitrogen and oxygen atoms in total. The lowest BCUT2D eigenvalue weighted by molar-refractivity contribution is -0.125. The smallest absolute Gasteiger partial charge is 0.260 e. The number of nitrogens with zero attached hydrogens (tertiary/aromatic N) is 1. The van der Waals surface area contributed by atoms with Crippen molar-refractivity contribution in [3.8, 4) is 0 Å². The van der Waals surface area contributed by atoms with Crippen LogP contribution in [0, 0.1) is 0 Å². The minimum Gasteiger partial charge on any atom is -0.291 e. The number of likely N-dealkylation sites (N-methyl/N-ethyl adjacent to an activating group) is 1. The summed E-state index contributed by atoms with van der Waals surface area (Å²) in [6.45, 7) is 0. The van der Waals surface area contributed by atoms with Gasteiger partial charge in [0.2, 0.25) is 0 Å². The molecule has 0 bridgehead atoms. The summed E-state index contributed by atoms with van der Waals surface area (Å²) >= 11 is 0. The predicted octanol–water partition coefficient (Wildman–Crippen LogP) is -2.14. The highest BCUT2D eigenvalue weighted by molar-refractivity contribution is 5.96. The van der Waals surface area contributed by atoms with Crippen LogP contribution in [0.5, 0.6) is 0 Å². The molecular formula is C5H10N4O2. The van der Waals surface area contributed by atoms with E-state index in [2.05, 4.69) is 0 Å². The molecule has 0 rings (SSSR count). The molecule has 0 aliphatic heterocycles. The topological polar surface area (TPSA) is 101 Å². The second-order valence-electron chi connectivity index (χ2n) is 1.79. The number of nitrogens with two attached hydrogens (primary N) is 2. The summed E-state index contributed by atoms with van der Waals surface area (Å²) in [5, 5.41) is 0.848. The molecule has 0 heterocycles. The van der Waals surface area contributed by atoms with E-state index in [4.69, 9.17) is 11.7 Å². The summed E-state index contributed by atoms with van der Waals surface area (Å²) in [7, 11) is 1.37. The Balaban J connectivity index is 3.93. The van der Waals surface area contributed by atoms with Gasteiger partial charge in [-0.15, -0.1) is 0 Å². The van der Waals surface area contributed by atoms with E-state index in [-0.39, 0.29) is 0 Å². The Morgan fingerprint density at radius 3 is 2.36 bits per heavy atom. The van der Waals surface area contributed by atoms with Gasteiger partial charge in [-0.05, 0) is 0 Å². The molecule has 0 saturated heterocycles. The molecule has 0 aromatic carbocycles. The first kappa shape index (κ1) is 9.60. The van der Waals surface area contributed by atoms with E-state index in [1.54, 1.807) is 0 Å². The average molecular weight is 158 g/mol. The van der Waals surface area contributed by atoms with Crippen LogP contribution in [-0.2, 0) is 9.59 Å². The van der Waals surface area contributed by atoms with Gasteiger partial charge in [0.1, 0.15) is 0 Å². The van der Waals surface area contributed by atoms with Crippen molar-refractivity contribution < 1.29 is 9.59 Å². The number of hydrogen-bond donors (Lipinski definition) is 3. The summed E-state index contributed by atoms with van der Waals surface area (Å²) in [5.74, 6) is 8.73. The van der Waals surface area contributed by atoms with Gasteiger partial charge in [0.15, 0.2) is 0 Å². The first-order chi connectivity index (χ1) is 5.07. The monoisotopic (exact) mass is 158 g/mol. The fourth-order valence-corrected chi connectivity index (χ4v) is 0.313.